The maximum atomic E-state index is 13.4. The second-order valence-electron chi connectivity index (χ2n) is 8.44. The fraction of sp³-hybridized carbons (Fsp3) is 0.103. The molecule has 5 heteroatoms. The summed E-state index contributed by atoms with van der Waals surface area (Å²) in [6.45, 7) is 0.165. The minimum absolute atomic E-state index is 0.165. The van der Waals surface area contributed by atoms with Crippen molar-refractivity contribution < 1.29 is 19.1 Å². The number of hydrogen-bond acceptors (Lipinski definition) is 3. The minimum Gasteiger partial charge on any atom is -0.375 e. The van der Waals surface area contributed by atoms with Crippen LogP contribution in [0.1, 0.15) is 27.9 Å². The summed E-state index contributed by atoms with van der Waals surface area (Å²) in [4.78, 5) is 28.0. The predicted molar refractivity (Wildman–Crippen MR) is 129 cm³/mol. The molecule has 4 aromatic carbocycles. The molecule has 0 aliphatic carbocycles. The standard InChI is InChI=1S/C29H22FNO3/c30-24-16-10-20(11-17-24)19-31-26-9-5-4-8-25(26)29(34,28(31)33)18-27(32)23-14-12-22(13-15-23)21-6-2-1-3-7-21/h1-17,34H,18-19H2. The number of halogens is 1. The number of rotatable bonds is 6. The lowest BCUT2D eigenvalue weighted by atomic mass is 9.88. The van der Waals surface area contributed by atoms with Gasteiger partial charge in [0.1, 0.15) is 5.82 Å². The first-order valence-corrected chi connectivity index (χ1v) is 11.0. The monoisotopic (exact) mass is 451 g/mol. The Morgan fingerprint density at radius 2 is 1.41 bits per heavy atom. The molecule has 1 atom stereocenters. The van der Waals surface area contributed by atoms with Crippen molar-refractivity contribution in [2.24, 2.45) is 0 Å². The van der Waals surface area contributed by atoms with Gasteiger partial charge in [0.05, 0.1) is 18.7 Å². The molecule has 1 aliphatic heterocycles. The number of aliphatic hydroxyl groups is 1. The molecule has 0 saturated carbocycles. The molecule has 0 spiro atoms. The Morgan fingerprint density at radius 1 is 0.794 bits per heavy atom. The van der Waals surface area contributed by atoms with E-state index in [0.717, 1.165) is 16.7 Å². The Morgan fingerprint density at radius 3 is 2.12 bits per heavy atom. The van der Waals surface area contributed by atoms with Crippen LogP contribution >= 0.6 is 0 Å². The average Bonchev–Trinajstić information content (AvgIpc) is 3.08. The van der Waals surface area contributed by atoms with Crippen LogP contribution in [-0.2, 0) is 16.9 Å². The number of amides is 1. The lowest BCUT2D eigenvalue weighted by Crippen LogP contribution is -2.41. The molecular formula is C29H22FNO3. The third kappa shape index (κ3) is 3.91. The van der Waals surface area contributed by atoms with E-state index in [1.807, 2.05) is 42.5 Å². The van der Waals surface area contributed by atoms with Crippen molar-refractivity contribution in [2.75, 3.05) is 4.90 Å². The number of benzene rings is 4. The van der Waals surface area contributed by atoms with Gasteiger partial charge >= 0.3 is 0 Å². The van der Waals surface area contributed by atoms with Gasteiger partial charge in [-0.15, -0.1) is 0 Å². The molecule has 1 amide bonds. The summed E-state index contributed by atoms with van der Waals surface area (Å²) in [7, 11) is 0. The van der Waals surface area contributed by atoms with Crippen LogP contribution in [-0.4, -0.2) is 16.8 Å². The number of hydrogen-bond donors (Lipinski definition) is 1. The number of nitrogens with zero attached hydrogens (tertiary/aromatic N) is 1. The summed E-state index contributed by atoms with van der Waals surface area (Å²) >= 11 is 0. The fourth-order valence-electron chi connectivity index (χ4n) is 4.42. The van der Waals surface area contributed by atoms with Gasteiger partial charge < -0.3 is 10.0 Å². The van der Waals surface area contributed by atoms with Gasteiger partial charge in [-0.3, -0.25) is 9.59 Å². The summed E-state index contributed by atoms with van der Waals surface area (Å²) in [5, 5.41) is 11.5. The van der Waals surface area contributed by atoms with Crippen molar-refractivity contribution >= 4 is 17.4 Å². The molecule has 0 aromatic heterocycles. The molecule has 1 unspecified atom stereocenters. The highest BCUT2D eigenvalue weighted by Gasteiger charge is 2.50. The van der Waals surface area contributed by atoms with Gasteiger partial charge in [0.25, 0.3) is 5.91 Å². The minimum atomic E-state index is -1.97. The van der Waals surface area contributed by atoms with Gasteiger partial charge in [-0.25, -0.2) is 4.39 Å². The van der Waals surface area contributed by atoms with E-state index in [1.165, 1.54) is 17.0 Å². The number of carbonyl (C=O) groups excluding carboxylic acids is 2. The Hall–Kier alpha value is -4.09. The zero-order valence-electron chi connectivity index (χ0n) is 18.3. The molecule has 4 nitrogen and oxygen atoms in total. The second-order valence-corrected chi connectivity index (χ2v) is 8.44. The normalized spacial score (nSPS) is 17.0. The summed E-state index contributed by atoms with van der Waals surface area (Å²) in [6, 6.07) is 29.8. The maximum absolute atomic E-state index is 13.4. The van der Waals surface area contributed by atoms with Crippen molar-refractivity contribution in [1.82, 2.24) is 0 Å². The van der Waals surface area contributed by atoms with E-state index in [2.05, 4.69) is 0 Å². The number of ketones is 1. The molecule has 0 bridgehead atoms. The molecule has 1 aliphatic rings. The van der Waals surface area contributed by atoms with Crippen LogP contribution in [0.3, 0.4) is 0 Å². The topological polar surface area (TPSA) is 57.6 Å². The highest BCUT2D eigenvalue weighted by atomic mass is 19.1. The first-order chi connectivity index (χ1) is 16.5. The van der Waals surface area contributed by atoms with E-state index in [0.29, 0.717) is 16.8 Å². The SMILES string of the molecule is O=C(CC1(O)C(=O)N(Cc2ccc(F)cc2)c2ccccc21)c1ccc(-c2ccccc2)cc1. The van der Waals surface area contributed by atoms with Crippen LogP contribution in [0.2, 0.25) is 0 Å². The molecule has 0 saturated heterocycles. The molecular weight excluding hydrogens is 429 g/mol. The fourth-order valence-corrected chi connectivity index (χ4v) is 4.42. The summed E-state index contributed by atoms with van der Waals surface area (Å²) < 4.78 is 13.3. The van der Waals surface area contributed by atoms with Crippen molar-refractivity contribution in [2.45, 2.75) is 18.6 Å². The van der Waals surface area contributed by atoms with Crippen molar-refractivity contribution in [1.29, 1.82) is 0 Å². The smallest absolute Gasteiger partial charge is 0.264 e. The van der Waals surface area contributed by atoms with Gasteiger partial charge in [-0.2, -0.15) is 0 Å². The number of Topliss-reactive ketones (excluding diaryl/α,β-unsaturated/α-hetero) is 1. The third-order valence-electron chi connectivity index (χ3n) is 6.22. The van der Waals surface area contributed by atoms with Crippen LogP contribution < -0.4 is 4.90 Å². The molecule has 4 aromatic rings. The van der Waals surface area contributed by atoms with E-state index in [4.69, 9.17) is 0 Å². The molecule has 0 radical (unpaired) electrons. The van der Waals surface area contributed by atoms with Crippen LogP contribution in [0.15, 0.2) is 103 Å². The maximum Gasteiger partial charge on any atom is 0.264 e. The summed E-state index contributed by atoms with van der Waals surface area (Å²) in [5.41, 5.74) is 2.14. The van der Waals surface area contributed by atoms with Gasteiger partial charge in [0.2, 0.25) is 0 Å². The van der Waals surface area contributed by atoms with Gasteiger partial charge in [0.15, 0.2) is 11.4 Å². The van der Waals surface area contributed by atoms with E-state index < -0.39 is 11.5 Å². The van der Waals surface area contributed by atoms with Crippen LogP contribution in [0.4, 0.5) is 10.1 Å². The molecule has 0 fully saturated rings. The Bertz CT molecular complexity index is 1350. The Labute approximate surface area is 196 Å². The zero-order valence-corrected chi connectivity index (χ0v) is 18.3. The zero-order chi connectivity index (χ0) is 23.7. The van der Waals surface area contributed by atoms with E-state index >= 15 is 0 Å². The molecule has 168 valence electrons. The van der Waals surface area contributed by atoms with E-state index in [-0.39, 0.29) is 24.6 Å². The van der Waals surface area contributed by atoms with Crippen molar-refractivity contribution in [3.63, 3.8) is 0 Å². The van der Waals surface area contributed by atoms with Crippen LogP contribution in [0.5, 0.6) is 0 Å². The van der Waals surface area contributed by atoms with Gasteiger partial charge in [-0.1, -0.05) is 84.9 Å². The van der Waals surface area contributed by atoms with Crippen LogP contribution in [0.25, 0.3) is 11.1 Å². The van der Waals surface area contributed by atoms with Crippen LogP contribution in [0, 0.1) is 5.82 Å². The Balaban J connectivity index is 1.41. The number of carbonyl (C=O) groups is 2. The lowest BCUT2D eigenvalue weighted by Gasteiger charge is -2.23. The molecule has 1 heterocycles. The molecule has 34 heavy (non-hydrogen) atoms. The van der Waals surface area contributed by atoms with Crippen molar-refractivity contribution in [3.8, 4) is 11.1 Å². The predicted octanol–water partition coefficient (Wildman–Crippen LogP) is 5.50. The number of fused-ring (bicyclic) bond motifs is 1. The first kappa shape index (κ1) is 21.7. The lowest BCUT2D eigenvalue weighted by molar-refractivity contribution is -0.136. The molecule has 5 rings (SSSR count). The molecule has 1 N–H and O–H groups in total. The summed E-state index contributed by atoms with van der Waals surface area (Å²) in [6.07, 6.45) is -0.368. The van der Waals surface area contributed by atoms with Gasteiger partial charge in [-0.05, 0) is 34.9 Å². The number of para-hydroxylation sites is 1. The number of anilines is 1. The van der Waals surface area contributed by atoms with E-state index in [1.54, 1.807) is 48.5 Å². The van der Waals surface area contributed by atoms with Crippen molar-refractivity contribution in [3.05, 3.63) is 126 Å². The van der Waals surface area contributed by atoms with Gasteiger partial charge in [0, 0.05) is 11.1 Å². The average molecular weight is 451 g/mol. The quantitative estimate of drug-likeness (QED) is 0.394. The highest BCUT2D eigenvalue weighted by Crippen LogP contribution is 2.43. The summed E-state index contributed by atoms with van der Waals surface area (Å²) in [5.74, 6) is -1.25. The highest BCUT2D eigenvalue weighted by molar-refractivity contribution is 6.10. The largest absolute Gasteiger partial charge is 0.375 e. The third-order valence-corrected chi connectivity index (χ3v) is 6.22. The first-order valence-electron chi connectivity index (χ1n) is 11.0. The Kier molecular flexibility index (Phi) is 5.56. The van der Waals surface area contributed by atoms with E-state index in [9.17, 15) is 19.1 Å². The second kappa shape index (κ2) is 8.69.